The van der Waals surface area contributed by atoms with Gasteiger partial charge in [0, 0.05) is 30.9 Å². The van der Waals surface area contributed by atoms with E-state index in [0.29, 0.717) is 0 Å². The minimum absolute atomic E-state index is 0.155. The van der Waals surface area contributed by atoms with Gasteiger partial charge in [0.05, 0.1) is 0 Å². The third kappa shape index (κ3) is 3.28. The number of nitrogens with two attached hydrogens (primary N) is 1. The highest BCUT2D eigenvalue weighted by atomic mass is 15.2. The van der Waals surface area contributed by atoms with Crippen molar-refractivity contribution in [1.29, 1.82) is 0 Å². The molecule has 2 N–H and O–H groups in total. The lowest BCUT2D eigenvalue weighted by atomic mass is 9.99. The number of hydrogen-bond acceptors (Lipinski definition) is 3. The van der Waals surface area contributed by atoms with E-state index in [-0.39, 0.29) is 6.04 Å². The van der Waals surface area contributed by atoms with Crippen LogP contribution in [0, 0.1) is 0 Å². The molecule has 106 valence electrons. The Balaban J connectivity index is 2.11. The molecular formula is C16H27N3. The van der Waals surface area contributed by atoms with Crippen molar-refractivity contribution in [1.82, 2.24) is 4.90 Å². The molecule has 1 heterocycles. The van der Waals surface area contributed by atoms with E-state index in [1.54, 1.807) is 0 Å². The summed E-state index contributed by atoms with van der Waals surface area (Å²) in [5, 5.41) is 0. The van der Waals surface area contributed by atoms with Gasteiger partial charge in [-0.2, -0.15) is 0 Å². The number of hydrogen-bond donors (Lipinski definition) is 1. The van der Waals surface area contributed by atoms with Gasteiger partial charge in [-0.3, -0.25) is 0 Å². The van der Waals surface area contributed by atoms with Crippen LogP contribution in [0.5, 0.6) is 0 Å². The van der Waals surface area contributed by atoms with Crippen molar-refractivity contribution >= 4 is 5.69 Å². The van der Waals surface area contributed by atoms with Gasteiger partial charge in [-0.05, 0) is 45.0 Å². The van der Waals surface area contributed by atoms with Crippen LogP contribution in [0.4, 0.5) is 5.69 Å². The molecule has 0 amide bonds. The van der Waals surface area contributed by atoms with Crippen molar-refractivity contribution in [2.75, 3.05) is 32.1 Å². The number of benzene rings is 1. The van der Waals surface area contributed by atoms with E-state index in [9.17, 15) is 0 Å². The van der Waals surface area contributed by atoms with E-state index in [1.807, 2.05) is 0 Å². The predicted octanol–water partition coefficient (Wildman–Crippen LogP) is 2.63. The Bertz CT molecular complexity index is 395. The van der Waals surface area contributed by atoms with Gasteiger partial charge in [-0.25, -0.2) is 0 Å². The normalized spacial score (nSPS) is 18.9. The Labute approximate surface area is 117 Å². The molecular weight excluding hydrogens is 234 g/mol. The van der Waals surface area contributed by atoms with Crippen molar-refractivity contribution in [2.24, 2.45) is 5.73 Å². The van der Waals surface area contributed by atoms with Gasteiger partial charge in [0.1, 0.15) is 0 Å². The minimum atomic E-state index is 0.155. The van der Waals surface area contributed by atoms with Crippen LogP contribution in [0.2, 0.25) is 0 Å². The average Bonchev–Trinajstić information content (AvgIpc) is 2.46. The lowest BCUT2D eigenvalue weighted by molar-refractivity contribution is 0.249. The summed E-state index contributed by atoms with van der Waals surface area (Å²) in [6.45, 7) is 4.42. The fraction of sp³-hybridized carbons (Fsp3) is 0.625. The first-order chi connectivity index (χ1) is 9.13. The summed E-state index contributed by atoms with van der Waals surface area (Å²) < 4.78 is 0. The SMILES string of the molecule is CCC(N)c1ccccc1N1CCC(N(C)C)CC1. The molecule has 1 saturated heterocycles. The summed E-state index contributed by atoms with van der Waals surface area (Å²) in [5.41, 5.74) is 8.88. The Morgan fingerprint density at radius 3 is 2.47 bits per heavy atom. The molecule has 0 spiro atoms. The quantitative estimate of drug-likeness (QED) is 0.904. The highest BCUT2D eigenvalue weighted by Crippen LogP contribution is 2.29. The van der Waals surface area contributed by atoms with Crippen LogP contribution in [0.15, 0.2) is 24.3 Å². The summed E-state index contributed by atoms with van der Waals surface area (Å²) in [4.78, 5) is 4.85. The number of nitrogens with zero attached hydrogens (tertiary/aromatic N) is 2. The minimum Gasteiger partial charge on any atom is -0.371 e. The van der Waals surface area contributed by atoms with Crippen molar-refractivity contribution in [2.45, 2.75) is 38.3 Å². The van der Waals surface area contributed by atoms with E-state index in [0.717, 1.165) is 25.6 Å². The zero-order chi connectivity index (χ0) is 13.8. The van der Waals surface area contributed by atoms with Crippen LogP contribution in [0.3, 0.4) is 0 Å². The second-order valence-corrected chi connectivity index (χ2v) is 5.76. The van der Waals surface area contributed by atoms with Gasteiger partial charge in [-0.15, -0.1) is 0 Å². The number of rotatable bonds is 4. The van der Waals surface area contributed by atoms with E-state index < -0.39 is 0 Å². The molecule has 1 aliphatic rings. The highest BCUT2D eigenvalue weighted by Gasteiger charge is 2.22. The molecule has 1 unspecified atom stereocenters. The van der Waals surface area contributed by atoms with Crippen molar-refractivity contribution in [3.63, 3.8) is 0 Å². The zero-order valence-electron chi connectivity index (χ0n) is 12.5. The third-order valence-electron chi connectivity index (χ3n) is 4.31. The molecule has 19 heavy (non-hydrogen) atoms. The molecule has 1 aliphatic heterocycles. The fourth-order valence-electron chi connectivity index (χ4n) is 2.93. The molecule has 3 nitrogen and oxygen atoms in total. The van der Waals surface area contributed by atoms with Crippen LogP contribution < -0.4 is 10.6 Å². The predicted molar refractivity (Wildman–Crippen MR) is 82.6 cm³/mol. The van der Waals surface area contributed by atoms with Crippen molar-refractivity contribution in [3.8, 4) is 0 Å². The van der Waals surface area contributed by atoms with Gasteiger partial charge in [-0.1, -0.05) is 25.1 Å². The molecule has 0 aliphatic carbocycles. The van der Waals surface area contributed by atoms with Gasteiger partial charge < -0.3 is 15.5 Å². The van der Waals surface area contributed by atoms with Gasteiger partial charge in [0.25, 0.3) is 0 Å². The van der Waals surface area contributed by atoms with Crippen LogP contribution in [-0.2, 0) is 0 Å². The molecule has 0 saturated carbocycles. The molecule has 1 aromatic rings. The smallest absolute Gasteiger partial charge is 0.0414 e. The first-order valence-electron chi connectivity index (χ1n) is 7.39. The molecule has 3 heteroatoms. The Hall–Kier alpha value is -1.06. The topological polar surface area (TPSA) is 32.5 Å². The van der Waals surface area contributed by atoms with Crippen molar-refractivity contribution in [3.05, 3.63) is 29.8 Å². The summed E-state index contributed by atoms with van der Waals surface area (Å²) in [6, 6.07) is 9.51. The van der Waals surface area contributed by atoms with Gasteiger partial charge >= 0.3 is 0 Å². The first kappa shape index (κ1) is 14.4. The largest absolute Gasteiger partial charge is 0.371 e. The van der Waals surface area contributed by atoms with Crippen LogP contribution >= 0.6 is 0 Å². The molecule has 1 fully saturated rings. The van der Waals surface area contributed by atoms with Gasteiger partial charge in [0.15, 0.2) is 0 Å². The standard InChI is InChI=1S/C16H27N3/c1-4-15(17)14-7-5-6-8-16(14)19-11-9-13(10-12-19)18(2)3/h5-8,13,15H,4,9-12,17H2,1-3H3. The Morgan fingerprint density at radius 1 is 1.26 bits per heavy atom. The van der Waals surface area contributed by atoms with E-state index in [4.69, 9.17) is 5.73 Å². The Kier molecular flexibility index (Phi) is 4.83. The molecule has 0 radical (unpaired) electrons. The zero-order valence-corrected chi connectivity index (χ0v) is 12.5. The lowest BCUT2D eigenvalue weighted by Crippen LogP contribution is -2.42. The molecule has 1 aromatic carbocycles. The summed E-state index contributed by atoms with van der Waals surface area (Å²) in [7, 11) is 4.36. The lowest BCUT2D eigenvalue weighted by Gasteiger charge is -2.37. The Morgan fingerprint density at radius 2 is 1.89 bits per heavy atom. The molecule has 1 atom stereocenters. The maximum absolute atomic E-state index is 6.24. The van der Waals surface area contributed by atoms with Crippen molar-refractivity contribution < 1.29 is 0 Å². The van der Waals surface area contributed by atoms with Gasteiger partial charge in [0.2, 0.25) is 0 Å². The third-order valence-corrected chi connectivity index (χ3v) is 4.31. The van der Waals surface area contributed by atoms with Crippen LogP contribution in [-0.4, -0.2) is 38.1 Å². The maximum atomic E-state index is 6.24. The second kappa shape index (κ2) is 6.40. The van der Waals surface area contributed by atoms with E-state index in [1.165, 1.54) is 24.1 Å². The summed E-state index contributed by atoms with van der Waals surface area (Å²) >= 11 is 0. The van der Waals surface area contributed by atoms with E-state index in [2.05, 4.69) is 55.1 Å². The number of para-hydroxylation sites is 1. The molecule has 0 aromatic heterocycles. The summed E-state index contributed by atoms with van der Waals surface area (Å²) in [5.74, 6) is 0. The van der Waals surface area contributed by atoms with Crippen LogP contribution in [0.25, 0.3) is 0 Å². The van der Waals surface area contributed by atoms with E-state index >= 15 is 0 Å². The second-order valence-electron chi connectivity index (χ2n) is 5.76. The maximum Gasteiger partial charge on any atom is 0.0414 e. The number of piperidine rings is 1. The highest BCUT2D eigenvalue weighted by molar-refractivity contribution is 5.55. The summed E-state index contributed by atoms with van der Waals surface area (Å²) in [6.07, 6.45) is 3.47. The fourth-order valence-corrected chi connectivity index (χ4v) is 2.93. The molecule has 0 bridgehead atoms. The van der Waals surface area contributed by atoms with Crippen LogP contribution in [0.1, 0.15) is 37.8 Å². The molecule has 2 rings (SSSR count). The average molecular weight is 261 g/mol. The monoisotopic (exact) mass is 261 g/mol. The first-order valence-corrected chi connectivity index (χ1v) is 7.39. The number of anilines is 1.